The van der Waals surface area contributed by atoms with Gasteiger partial charge in [0.25, 0.3) is 5.56 Å². The summed E-state index contributed by atoms with van der Waals surface area (Å²) >= 11 is 0. The number of benzene rings is 1. The van der Waals surface area contributed by atoms with Crippen molar-refractivity contribution in [2.45, 2.75) is 6.92 Å². The third-order valence-corrected chi connectivity index (χ3v) is 3.53. The van der Waals surface area contributed by atoms with E-state index in [1.54, 1.807) is 14.2 Å². The van der Waals surface area contributed by atoms with Crippen LogP contribution in [0.5, 0.6) is 11.5 Å². The van der Waals surface area contributed by atoms with E-state index >= 15 is 0 Å². The quantitative estimate of drug-likeness (QED) is 0.867. The number of nitriles is 1. The summed E-state index contributed by atoms with van der Waals surface area (Å²) in [6.07, 6.45) is 0. The molecule has 0 spiro atoms. The summed E-state index contributed by atoms with van der Waals surface area (Å²) < 4.78 is 11.9. The second-order valence-corrected chi connectivity index (χ2v) is 4.57. The normalized spacial score (nSPS) is 10.0. The molecule has 0 aliphatic heterocycles. The average molecular weight is 284 g/mol. The zero-order valence-electron chi connectivity index (χ0n) is 12.4. The van der Waals surface area contributed by atoms with Crippen LogP contribution in [0, 0.1) is 18.3 Å². The highest BCUT2D eigenvalue weighted by Crippen LogP contribution is 2.34. The molecule has 0 aliphatic rings. The van der Waals surface area contributed by atoms with Crippen LogP contribution in [-0.2, 0) is 7.05 Å². The van der Waals surface area contributed by atoms with Crippen LogP contribution in [0.3, 0.4) is 0 Å². The van der Waals surface area contributed by atoms with Crippen LogP contribution in [0.25, 0.3) is 11.1 Å². The second kappa shape index (κ2) is 5.71. The van der Waals surface area contributed by atoms with Gasteiger partial charge in [-0.15, -0.1) is 0 Å². The SMILES string of the molecule is COc1ccc(-c2c(OC)c(C#N)c(=O)n(C)c2C)cc1. The van der Waals surface area contributed by atoms with Crippen LogP contribution in [0.15, 0.2) is 29.1 Å². The molecule has 0 N–H and O–H groups in total. The zero-order chi connectivity index (χ0) is 15.6. The summed E-state index contributed by atoms with van der Waals surface area (Å²) in [6.45, 7) is 1.82. The van der Waals surface area contributed by atoms with Gasteiger partial charge in [-0.3, -0.25) is 4.79 Å². The van der Waals surface area contributed by atoms with Gasteiger partial charge in [0.15, 0.2) is 11.3 Å². The molecule has 0 saturated carbocycles. The molecule has 2 aromatic rings. The van der Waals surface area contributed by atoms with Crippen molar-refractivity contribution in [1.29, 1.82) is 5.26 Å². The third kappa shape index (κ3) is 2.36. The molecule has 21 heavy (non-hydrogen) atoms. The number of nitrogens with zero attached hydrogens (tertiary/aromatic N) is 2. The summed E-state index contributed by atoms with van der Waals surface area (Å²) in [6, 6.07) is 9.32. The maximum Gasteiger partial charge on any atom is 0.272 e. The molecule has 5 nitrogen and oxygen atoms in total. The van der Waals surface area contributed by atoms with Gasteiger partial charge in [-0.05, 0) is 24.6 Å². The van der Waals surface area contributed by atoms with Gasteiger partial charge < -0.3 is 14.0 Å². The Hall–Kier alpha value is -2.74. The number of methoxy groups -OCH3 is 2. The second-order valence-electron chi connectivity index (χ2n) is 4.57. The largest absolute Gasteiger partial charge is 0.497 e. The van der Waals surface area contributed by atoms with Gasteiger partial charge >= 0.3 is 0 Å². The lowest BCUT2D eigenvalue weighted by atomic mass is 10.0. The summed E-state index contributed by atoms with van der Waals surface area (Å²) in [5.74, 6) is 1.05. The Morgan fingerprint density at radius 2 is 1.76 bits per heavy atom. The molecule has 2 rings (SSSR count). The van der Waals surface area contributed by atoms with Gasteiger partial charge in [0.2, 0.25) is 0 Å². The molecule has 0 atom stereocenters. The maximum atomic E-state index is 12.1. The molecule has 0 saturated heterocycles. The van der Waals surface area contributed by atoms with E-state index in [0.717, 1.165) is 22.6 Å². The fourth-order valence-electron chi connectivity index (χ4n) is 2.27. The van der Waals surface area contributed by atoms with Crippen LogP contribution in [-0.4, -0.2) is 18.8 Å². The number of hydrogen-bond donors (Lipinski definition) is 0. The van der Waals surface area contributed by atoms with E-state index in [1.165, 1.54) is 11.7 Å². The first-order chi connectivity index (χ1) is 10.0. The molecule has 0 radical (unpaired) electrons. The number of ether oxygens (including phenoxy) is 2. The lowest BCUT2D eigenvalue weighted by molar-refractivity contribution is 0.412. The molecule has 1 heterocycles. The van der Waals surface area contributed by atoms with Crippen LogP contribution >= 0.6 is 0 Å². The number of rotatable bonds is 3. The molecule has 1 aromatic heterocycles. The molecule has 0 fully saturated rings. The molecule has 108 valence electrons. The topological polar surface area (TPSA) is 64.2 Å². The minimum Gasteiger partial charge on any atom is -0.497 e. The predicted molar refractivity (Wildman–Crippen MR) is 79.7 cm³/mol. The first-order valence-corrected chi connectivity index (χ1v) is 6.37. The molecular weight excluding hydrogens is 268 g/mol. The highest BCUT2D eigenvalue weighted by Gasteiger charge is 2.20. The Morgan fingerprint density at radius 3 is 2.24 bits per heavy atom. The monoisotopic (exact) mass is 284 g/mol. The van der Waals surface area contributed by atoms with Gasteiger partial charge in [0.1, 0.15) is 11.8 Å². The highest BCUT2D eigenvalue weighted by molar-refractivity contribution is 5.76. The smallest absolute Gasteiger partial charge is 0.272 e. The Labute approximate surface area is 123 Å². The maximum absolute atomic E-state index is 12.1. The van der Waals surface area contributed by atoms with E-state index in [2.05, 4.69) is 0 Å². The summed E-state index contributed by atoms with van der Waals surface area (Å²) in [5, 5.41) is 9.24. The van der Waals surface area contributed by atoms with E-state index in [9.17, 15) is 10.1 Å². The van der Waals surface area contributed by atoms with Crippen molar-refractivity contribution in [2.24, 2.45) is 7.05 Å². The molecule has 1 aromatic carbocycles. The van der Waals surface area contributed by atoms with Gasteiger partial charge in [-0.2, -0.15) is 5.26 Å². The van der Waals surface area contributed by atoms with Crippen molar-refractivity contribution >= 4 is 0 Å². The van der Waals surface area contributed by atoms with E-state index in [0.29, 0.717) is 5.75 Å². The van der Waals surface area contributed by atoms with Gasteiger partial charge in [-0.1, -0.05) is 12.1 Å². The molecule has 0 aliphatic carbocycles. The number of hydrogen-bond acceptors (Lipinski definition) is 4. The third-order valence-electron chi connectivity index (χ3n) is 3.53. The lowest BCUT2D eigenvalue weighted by Gasteiger charge is -2.16. The van der Waals surface area contributed by atoms with E-state index in [4.69, 9.17) is 9.47 Å². The minimum atomic E-state index is -0.357. The zero-order valence-corrected chi connectivity index (χ0v) is 12.4. The Morgan fingerprint density at radius 1 is 1.14 bits per heavy atom. The molecule has 5 heteroatoms. The average Bonchev–Trinajstić information content (AvgIpc) is 2.52. The fourth-order valence-corrected chi connectivity index (χ4v) is 2.27. The Bertz CT molecular complexity index is 768. The number of pyridine rings is 1. The predicted octanol–water partition coefficient (Wildman–Crippen LogP) is 2.25. The molecular formula is C16H16N2O3. The van der Waals surface area contributed by atoms with Crippen LogP contribution < -0.4 is 15.0 Å². The van der Waals surface area contributed by atoms with Gasteiger partial charge in [0, 0.05) is 18.3 Å². The van der Waals surface area contributed by atoms with Gasteiger partial charge in [0.05, 0.1) is 14.2 Å². The standard InChI is InChI=1S/C16H16N2O3/c1-10-14(11-5-7-12(20-3)8-6-11)15(21-4)13(9-17)16(19)18(10)2/h5-8H,1-4H3. The Kier molecular flexibility index (Phi) is 3.99. The van der Waals surface area contributed by atoms with E-state index < -0.39 is 0 Å². The van der Waals surface area contributed by atoms with Crippen molar-refractivity contribution in [3.05, 3.63) is 45.9 Å². The summed E-state index contributed by atoms with van der Waals surface area (Å²) in [5.41, 5.74) is 1.98. The van der Waals surface area contributed by atoms with E-state index in [-0.39, 0.29) is 11.1 Å². The van der Waals surface area contributed by atoms with Crippen LogP contribution in [0.2, 0.25) is 0 Å². The first-order valence-electron chi connectivity index (χ1n) is 6.37. The summed E-state index contributed by atoms with van der Waals surface area (Å²) in [4.78, 5) is 12.1. The minimum absolute atomic E-state index is 0.0106. The first kappa shape index (κ1) is 14.7. The molecule has 0 unspecified atom stereocenters. The lowest BCUT2D eigenvalue weighted by Crippen LogP contribution is -2.23. The number of aromatic nitrogens is 1. The van der Waals surface area contributed by atoms with Crippen molar-refractivity contribution < 1.29 is 9.47 Å². The Balaban J connectivity index is 2.81. The van der Waals surface area contributed by atoms with Gasteiger partial charge in [-0.25, -0.2) is 0 Å². The van der Waals surface area contributed by atoms with E-state index in [1.807, 2.05) is 37.3 Å². The fraction of sp³-hybridized carbons (Fsp3) is 0.250. The highest BCUT2D eigenvalue weighted by atomic mass is 16.5. The van der Waals surface area contributed by atoms with Crippen molar-refractivity contribution in [1.82, 2.24) is 4.57 Å². The molecule has 0 amide bonds. The van der Waals surface area contributed by atoms with Crippen LogP contribution in [0.4, 0.5) is 0 Å². The van der Waals surface area contributed by atoms with Crippen LogP contribution in [0.1, 0.15) is 11.3 Å². The van der Waals surface area contributed by atoms with Crippen molar-refractivity contribution in [2.75, 3.05) is 14.2 Å². The summed E-state index contributed by atoms with van der Waals surface area (Å²) in [7, 11) is 4.70. The molecule has 0 bridgehead atoms. The van der Waals surface area contributed by atoms with Crippen molar-refractivity contribution in [3.63, 3.8) is 0 Å². The van der Waals surface area contributed by atoms with Crippen molar-refractivity contribution in [3.8, 4) is 28.7 Å².